The first-order chi connectivity index (χ1) is 8.84. The minimum absolute atomic E-state index is 0.0459. The molecule has 0 atom stereocenters. The van der Waals surface area contributed by atoms with Crippen molar-refractivity contribution in [3.63, 3.8) is 0 Å². The molecule has 0 saturated carbocycles. The summed E-state index contributed by atoms with van der Waals surface area (Å²) in [5, 5.41) is 4.92. The fourth-order valence-electron chi connectivity index (χ4n) is 1.56. The van der Waals surface area contributed by atoms with Crippen molar-refractivity contribution >= 4 is 23.3 Å². The lowest BCUT2D eigenvalue weighted by Crippen LogP contribution is -2.23. The number of carbonyl (C=O) groups excluding carboxylic acids is 1. The average Bonchev–Trinajstić information content (AvgIpc) is 2.91. The molecule has 0 aliphatic rings. The van der Waals surface area contributed by atoms with Gasteiger partial charge in [-0.2, -0.15) is 0 Å². The van der Waals surface area contributed by atoms with Crippen LogP contribution in [-0.4, -0.2) is 12.5 Å². The Balaban J connectivity index is 1.74. The zero-order valence-corrected chi connectivity index (χ0v) is 10.8. The van der Waals surface area contributed by atoms with Crippen molar-refractivity contribution in [2.24, 2.45) is 0 Å². The third-order valence-electron chi connectivity index (χ3n) is 2.48. The molecular weight excluding hydrogens is 242 g/mol. The van der Waals surface area contributed by atoms with Crippen molar-refractivity contribution in [1.29, 1.82) is 0 Å². The standard InChI is InChI=1S/C15H15NOS/c17-15(9-8-13-5-2-1-3-6-13)16-11-10-14-7-4-12-18-14/h1-9,12H,10-11H2,(H,16,17)/b9-8+. The molecule has 0 aliphatic carbocycles. The number of benzene rings is 1. The van der Waals surface area contributed by atoms with Gasteiger partial charge in [0.15, 0.2) is 0 Å². The Morgan fingerprint density at radius 3 is 2.72 bits per heavy atom. The van der Waals surface area contributed by atoms with Crippen LogP contribution in [0.1, 0.15) is 10.4 Å². The van der Waals surface area contributed by atoms with Crippen molar-refractivity contribution in [2.75, 3.05) is 6.54 Å². The van der Waals surface area contributed by atoms with E-state index in [9.17, 15) is 4.79 Å². The second kappa shape index (κ2) is 6.77. The van der Waals surface area contributed by atoms with Gasteiger partial charge in [-0.3, -0.25) is 4.79 Å². The summed E-state index contributed by atoms with van der Waals surface area (Å²) >= 11 is 1.72. The number of thiophene rings is 1. The van der Waals surface area contributed by atoms with E-state index in [1.807, 2.05) is 47.9 Å². The van der Waals surface area contributed by atoms with Crippen LogP contribution in [0.25, 0.3) is 6.08 Å². The number of hydrogen-bond donors (Lipinski definition) is 1. The Morgan fingerprint density at radius 1 is 1.17 bits per heavy atom. The molecule has 1 amide bonds. The summed E-state index contributed by atoms with van der Waals surface area (Å²) in [7, 11) is 0. The van der Waals surface area contributed by atoms with Gasteiger partial charge >= 0.3 is 0 Å². The highest BCUT2D eigenvalue weighted by molar-refractivity contribution is 7.09. The average molecular weight is 257 g/mol. The molecule has 0 saturated heterocycles. The summed E-state index contributed by atoms with van der Waals surface area (Å²) in [4.78, 5) is 12.8. The molecule has 0 spiro atoms. The van der Waals surface area contributed by atoms with Crippen LogP contribution in [0.4, 0.5) is 0 Å². The van der Waals surface area contributed by atoms with Gasteiger partial charge in [0, 0.05) is 17.5 Å². The van der Waals surface area contributed by atoms with Crippen molar-refractivity contribution in [2.45, 2.75) is 6.42 Å². The molecule has 0 fully saturated rings. The third-order valence-corrected chi connectivity index (χ3v) is 3.41. The first-order valence-electron chi connectivity index (χ1n) is 5.88. The maximum atomic E-state index is 11.6. The summed E-state index contributed by atoms with van der Waals surface area (Å²) in [5.41, 5.74) is 1.03. The van der Waals surface area contributed by atoms with Crippen LogP contribution >= 0.6 is 11.3 Å². The van der Waals surface area contributed by atoms with Crippen LogP contribution in [0, 0.1) is 0 Å². The van der Waals surface area contributed by atoms with Gasteiger partial charge in [0.2, 0.25) is 5.91 Å². The Kier molecular flexibility index (Phi) is 4.73. The van der Waals surface area contributed by atoms with Gasteiger partial charge in [-0.15, -0.1) is 11.3 Å². The smallest absolute Gasteiger partial charge is 0.244 e. The lowest BCUT2D eigenvalue weighted by Gasteiger charge is -2.00. The molecule has 0 radical (unpaired) electrons. The van der Waals surface area contributed by atoms with E-state index >= 15 is 0 Å². The van der Waals surface area contributed by atoms with Crippen molar-refractivity contribution in [1.82, 2.24) is 5.32 Å². The molecule has 92 valence electrons. The summed E-state index contributed by atoms with van der Waals surface area (Å²) in [6.45, 7) is 0.679. The predicted octanol–water partition coefficient (Wildman–Crippen LogP) is 3.12. The predicted molar refractivity (Wildman–Crippen MR) is 76.5 cm³/mol. The summed E-state index contributed by atoms with van der Waals surface area (Å²) in [6.07, 6.45) is 4.28. The number of rotatable bonds is 5. The van der Waals surface area contributed by atoms with Gasteiger partial charge < -0.3 is 5.32 Å². The van der Waals surface area contributed by atoms with Gasteiger partial charge in [0.05, 0.1) is 0 Å². The van der Waals surface area contributed by atoms with E-state index in [0.29, 0.717) is 6.54 Å². The van der Waals surface area contributed by atoms with Crippen LogP contribution in [0.5, 0.6) is 0 Å². The zero-order valence-electron chi connectivity index (χ0n) is 10.0. The van der Waals surface area contributed by atoms with Crippen LogP contribution in [0.2, 0.25) is 0 Å². The maximum absolute atomic E-state index is 11.6. The molecule has 1 aromatic heterocycles. The molecular formula is C15H15NOS. The van der Waals surface area contributed by atoms with Crippen molar-refractivity contribution < 1.29 is 4.79 Å². The van der Waals surface area contributed by atoms with Crippen LogP contribution in [0.3, 0.4) is 0 Å². The summed E-state index contributed by atoms with van der Waals surface area (Å²) < 4.78 is 0. The van der Waals surface area contributed by atoms with E-state index in [4.69, 9.17) is 0 Å². The van der Waals surface area contributed by atoms with Gasteiger partial charge in [-0.1, -0.05) is 36.4 Å². The molecule has 18 heavy (non-hydrogen) atoms. The van der Waals surface area contributed by atoms with Crippen LogP contribution in [-0.2, 0) is 11.2 Å². The summed E-state index contributed by atoms with van der Waals surface area (Å²) in [6, 6.07) is 13.9. The zero-order chi connectivity index (χ0) is 12.6. The monoisotopic (exact) mass is 257 g/mol. The van der Waals surface area contributed by atoms with E-state index in [-0.39, 0.29) is 5.91 Å². The van der Waals surface area contributed by atoms with E-state index < -0.39 is 0 Å². The normalized spacial score (nSPS) is 10.7. The maximum Gasteiger partial charge on any atom is 0.244 e. The quantitative estimate of drug-likeness (QED) is 0.819. The summed E-state index contributed by atoms with van der Waals surface area (Å²) in [5.74, 6) is -0.0459. The number of amides is 1. The third kappa shape index (κ3) is 4.18. The van der Waals surface area contributed by atoms with Crippen LogP contribution < -0.4 is 5.32 Å². The second-order valence-corrected chi connectivity index (χ2v) is 4.90. The molecule has 1 N–H and O–H groups in total. The fraction of sp³-hybridized carbons (Fsp3) is 0.133. The molecule has 2 rings (SSSR count). The molecule has 0 unspecified atom stereocenters. The molecule has 0 aliphatic heterocycles. The highest BCUT2D eigenvalue weighted by Crippen LogP contribution is 2.08. The number of carbonyl (C=O) groups is 1. The Hall–Kier alpha value is -1.87. The second-order valence-electron chi connectivity index (χ2n) is 3.86. The highest BCUT2D eigenvalue weighted by atomic mass is 32.1. The highest BCUT2D eigenvalue weighted by Gasteiger charge is 1.96. The van der Waals surface area contributed by atoms with Gasteiger partial charge in [0.1, 0.15) is 0 Å². The largest absolute Gasteiger partial charge is 0.352 e. The number of nitrogens with one attached hydrogen (secondary N) is 1. The first kappa shape index (κ1) is 12.6. The van der Waals surface area contributed by atoms with Crippen molar-refractivity contribution in [3.8, 4) is 0 Å². The molecule has 0 bridgehead atoms. The van der Waals surface area contributed by atoms with Gasteiger partial charge in [-0.05, 0) is 29.5 Å². The SMILES string of the molecule is O=C(/C=C/c1ccccc1)NCCc1cccs1. The van der Waals surface area contributed by atoms with E-state index in [2.05, 4.69) is 11.4 Å². The van der Waals surface area contributed by atoms with E-state index in [1.54, 1.807) is 17.4 Å². The molecule has 1 aromatic carbocycles. The molecule has 3 heteroatoms. The van der Waals surface area contributed by atoms with Crippen molar-refractivity contribution in [3.05, 3.63) is 64.4 Å². The van der Waals surface area contributed by atoms with E-state index in [0.717, 1.165) is 12.0 Å². The first-order valence-corrected chi connectivity index (χ1v) is 6.76. The van der Waals surface area contributed by atoms with Gasteiger partial charge in [0.25, 0.3) is 0 Å². The minimum Gasteiger partial charge on any atom is -0.352 e. The Labute approximate surface area is 111 Å². The Morgan fingerprint density at radius 2 is 2.00 bits per heavy atom. The van der Waals surface area contributed by atoms with Gasteiger partial charge in [-0.25, -0.2) is 0 Å². The van der Waals surface area contributed by atoms with Crippen LogP contribution in [0.15, 0.2) is 53.9 Å². The minimum atomic E-state index is -0.0459. The molecule has 2 nitrogen and oxygen atoms in total. The molecule has 1 heterocycles. The Bertz CT molecular complexity index is 503. The molecule has 2 aromatic rings. The lowest BCUT2D eigenvalue weighted by atomic mass is 10.2. The lowest BCUT2D eigenvalue weighted by molar-refractivity contribution is -0.116. The fourth-order valence-corrected chi connectivity index (χ4v) is 2.27. The number of hydrogen-bond acceptors (Lipinski definition) is 2. The topological polar surface area (TPSA) is 29.1 Å². The van der Waals surface area contributed by atoms with E-state index in [1.165, 1.54) is 4.88 Å².